The quantitative estimate of drug-likeness (QED) is 0.622. The summed E-state index contributed by atoms with van der Waals surface area (Å²) in [6.45, 7) is 11.7. The molecule has 3 N–H and O–H groups in total. The molecule has 18 heavy (non-hydrogen) atoms. The minimum Gasteiger partial charge on any atom is -0.312 e. The molecule has 4 heteroatoms. The first-order valence-electron chi connectivity index (χ1n) is 7.00. The molecule has 1 aromatic rings. The first kappa shape index (κ1) is 15.2. The van der Waals surface area contributed by atoms with Gasteiger partial charge in [-0.25, -0.2) is 0 Å². The molecule has 0 aliphatic heterocycles. The van der Waals surface area contributed by atoms with Crippen LogP contribution in [0.1, 0.15) is 51.9 Å². The van der Waals surface area contributed by atoms with Crippen LogP contribution in [0.2, 0.25) is 0 Å². The zero-order valence-corrected chi connectivity index (χ0v) is 12.3. The number of nitrogens with zero attached hydrogens (tertiary/aromatic N) is 1. The molecule has 0 bridgehead atoms. The second-order valence-corrected chi connectivity index (χ2v) is 5.84. The van der Waals surface area contributed by atoms with Crippen molar-refractivity contribution in [2.45, 2.75) is 59.0 Å². The van der Waals surface area contributed by atoms with Crippen LogP contribution in [-0.4, -0.2) is 28.8 Å². The highest BCUT2D eigenvalue weighted by molar-refractivity contribution is 5.08. The molecule has 0 saturated heterocycles. The van der Waals surface area contributed by atoms with Crippen molar-refractivity contribution in [1.29, 1.82) is 0 Å². The number of hydrogen-bond acceptors (Lipinski definition) is 3. The Morgan fingerprint density at radius 1 is 1.28 bits per heavy atom. The molecule has 104 valence electrons. The number of nitrogens with one attached hydrogen (secondary N) is 3. The van der Waals surface area contributed by atoms with Gasteiger partial charge in [-0.2, -0.15) is 5.10 Å². The fourth-order valence-corrected chi connectivity index (χ4v) is 1.78. The summed E-state index contributed by atoms with van der Waals surface area (Å²) in [5.74, 6) is 0. The van der Waals surface area contributed by atoms with Gasteiger partial charge in [0, 0.05) is 17.8 Å². The molecule has 0 radical (unpaired) electrons. The maximum Gasteiger partial charge on any atom is 0.0625 e. The molecular weight excluding hydrogens is 224 g/mol. The van der Waals surface area contributed by atoms with Crippen molar-refractivity contribution in [1.82, 2.24) is 20.8 Å². The number of aromatic amines is 1. The van der Waals surface area contributed by atoms with E-state index >= 15 is 0 Å². The Bertz CT molecular complexity index is 325. The Morgan fingerprint density at radius 2 is 2.06 bits per heavy atom. The number of aryl methyl sites for hydroxylation is 1. The molecule has 0 atom stereocenters. The highest BCUT2D eigenvalue weighted by Gasteiger charge is 2.06. The van der Waals surface area contributed by atoms with E-state index in [0.29, 0.717) is 0 Å². The van der Waals surface area contributed by atoms with Crippen molar-refractivity contribution < 1.29 is 0 Å². The summed E-state index contributed by atoms with van der Waals surface area (Å²) < 4.78 is 0. The van der Waals surface area contributed by atoms with Crippen LogP contribution >= 0.6 is 0 Å². The van der Waals surface area contributed by atoms with Gasteiger partial charge in [-0.05, 0) is 52.8 Å². The van der Waals surface area contributed by atoms with Crippen LogP contribution in [-0.2, 0) is 13.0 Å². The van der Waals surface area contributed by atoms with Crippen LogP contribution < -0.4 is 10.6 Å². The number of hydrogen-bond donors (Lipinski definition) is 3. The molecule has 1 heterocycles. The molecule has 0 amide bonds. The largest absolute Gasteiger partial charge is 0.312 e. The number of H-pyrrole nitrogens is 1. The van der Waals surface area contributed by atoms with Gasteiger partial charge in [0.25, 0.3) is 0 Å². The monoisotopic (exact) mass is 252 g/mol. The molecule has 1 rings (SSSR count). The summed E-state index contributed by atoms with van der Waals surface area (Å²) in [5, 5.41) is 14.3. The highest BCUT2D eigenvalue weighted by atomic mass is 15.1. The molecule has 0 saturated carbocycles. The predicted octanol–water partition coefficient (Wildman–Crippen LogP) is 2.23. The fraction of sp³-hybridized carbons (Fsp3) is 0.786. The van der Waals surface area contributed by atoms with Crippen molar-refractivity contribution in [3.8, 4) is 0 Å². The van der Waals surface area contributed by atoms with E-state index in [1.54, 1.807) is 0 Å². The summed E-state index contributed by atoms with van der Waals surface area (Å²) in [4.78, 5) is 0. The van der Waals surface area contributed by atoms with E-state index in [4.69, 9.17) is 0 Å². The zero-order valence-electron chi connectivity index (χ0n) is 12.3. The van der Waals surface area contributed by atoms with Crippen molar-refractivity contribution >= 4 is 0 Å². The maximum absolute atomic E-state index is 4.28. The van der Waals surface area contributed by atoms with Gasteiger partial charge in [-0.15, -0.1) is 0 Å². The van der Waals surface area contributed by atoms with Crippen molar-refractivity contribution in [2.24, 2.45) is 0 Å². The summed E-state index contributed by atoms with van der Waals surface area (Å²) in [7, 11) is 0. The van der Waals surface area contributed by atoms with Gasteiger partial charge in [0.05, 0.1) is 5.69 Å². The average molecular weight is 252 g/mol. The average Bonchev–Trinajstić information content (AvgIpc) is 2.70. The first-order valence-corrected chi connectivity index (χ1v) is 7.00. The minimum absolute atomic E-state index is 0.221. The predicted molar refractivity (Wildman–Crippen MR) is 76.7 cm³/mol. The summed E-state index contributed by atoms with van der Waals surface area (Å²) >= 11 is 0. The van der Waals surface area contributed by atoms with Crippen molar-refractivity contribution in [3.05, 3.63) is 17.5 Å². The van der Waals surface area contributed by atoms with E-state index in [9.17, 15) is 0 Å². The van der Waals surface area contributed by atoms with Crippen LogP contribution in [0.4, 0.5) is 0 Å². The Hall–Kier alpha value is -0.870. The molecule has 4 nitrogen and oxygen atoms in total. The lowest BCUT2D eigenvalue weighted by molar-refractivity contribution is 0.418. The Morgan fingerprint density at radius 3 is 2.72 bits per heavy atom. The first-order chi connectivity index (χ1) is 8.51. The topological polar surface area (TPSA) is 52.7 Å². The molecule has 0 aliphatic carbocycles. The normalized spacial score (nSPS) is 12.0. The lowest BCUT2D eigenvalue weighted by Gasteiger charge is -2.20. The Labute approximate surface area is 111 Å². The van der Waals surface area contributed by atoms with Crippen LogP contribution in [0.5, 0.6) is 0 Å². The number of rotatable bonds is 8. The summed E-state index contributed by atoms with van der Waals surface area (Å²) in [6, 6.07) is 2.16. The van der Waals surface area contributed by atoms with E-state index in [-0.39, 0.29) is 5.54 Å². The maximum atomic E-state index is 4.28. The highest BCUT2D eigenvalue weighted by Crippen LogP contribution is 2.02. The second kappa shape index (κ2) is 7.54. The summed E-state index contributed by atoms with van der Waals surface area (Å²) in [5.41, 5.74) is 2.57. The fourth-order valence-electron chi connectivity index (χ4n) is 1.78. The lowest BCUT2D eigenvalue weighted by atomic mass is 10.1. The number of aromatic nitrogens is 2. The minimum atomic E-state index is 0.221. The van der Waals surface area contributed by atoms with Crippen molar-refractivity contribution in [2.75, 3.05) is 13.1 Å². The van der Waals surface area contributed by atoms with Gasteiger partial charge < -0.3 is 10.6 Å². The van der Waals surface area contributed by atoms with E-state index in [1.165, 1.54) is 11.4 Å². The van der Waals surface area contributed by atoms with E-state index in [0.717, 1.165) is 38.9 Å². The van der Waals surface area contributed by atoms with Gasteiger partial charge >= 0.3 is 0 Å². The standard InChI is InChI=1S/C14H28N4/c1-5-7-12-10-13(18-17-12)11-15-8-6-9-16-14(2,3)4/h10,15-16H,5-9,11H2,1-4H3,(H,17,18). The van der Waals surface area contributed by atoms with Crippen LogP contribution in [0, 0.1) is 0 Å². The van der Waals surface area contributed by atoms with Gasteiger partial charge in [-0.1, -0.05) is 13.3 Å². The Kier molecular flexibility index (Phi) is 6.36. The van der Waals surface area contributed by atoms with E-state index in [1.807, 2.05) is 0 Å². The van der Waals surface area contributed by atoms with Crippen molar-refractivity contribution in [3.63, 3.8) is 0 Å². The van der Waals surface area contributed by atoms with E-state index < -0.39 is 0 Å². The zero-order chi connectivity index (χ0) is 13.4. The third kappa shape index (κ3) is 6.77. The van der Waals surface area contributed by atoms with Gasteiger partial charge in [0.15, 0.2) is 0 Å². The molecule has 0 aromatic carbocycles. The molecule has 0 spiro atoms. The summed E-state index contributed by atoms with van der Waals surface area (Å²) in [6.07, 6.45) is 3.36. The smallest absolute Gasteiger partial charge is 0.0625 e. The van der Waals surface area contributed by atoms with Gasteiger partial charge in [-0.3, -0.25) is 5.10 Å². The van der Waals surface area contributed by atoms with Crippen LogP contribution in [0.25, 0.3) is 0 Å². The molecule has 0 fully saturated rings. The third-order valence-electron chi connectivity index (χ3n) is 2.69. The molecule has 0 unspecified atom stereocenters. The van der Waals surface area contributed by atoms with E-state index in [2.05, 4.69) is 54.6 Å². The van der Waals surface area contributed by atoms with Crippen LogP contribution in [0.15, 0.2) is 6.07 Å². The second-order valence-electron chi connectivity index (χ2n) is 5.84. The molecule has 0 aliphatic rings. The third-order valence-corrected chi connectivity index (χ3v) is 2.69. The van der Waals surface area contributed by atoms with Crippen LogP contribution in [0.3, 0.4) is 0 Å². The lowest BCUT2D eigenvalue weighted by Crippen LogP contribution is -2.37. The Balaban J connectivity index is 2.07. The van der Waals surface area contributed by atoms with Gasteiger partial charge in [0.2, 0.25) is 0 Å². The van der Waals surface area contributed by atoms with Gasteiger partial charge in [0.1, 0.15) is 0 Å². The molecular formula is C14H28N4. The molecule has 1 aromatic heterocycles. The SMILES string of the molecule is CCCc1cc(CNCCCNC(C)(C)C)[nH]n1.